The largest absolute Gasteiger partial charge is 0.480 e. The number of piperidine rings is 1. The van der Waals surface area contributed by atoms with Gasteiger partial charge in [0.2, 0.25) is 0 Å². The molecule has 2 rings (SSSR count). The van der Waals surface area contributed by atoms with Crippen LogP contribution in [0.15, 0.2) is 6.33 Å². The molecule has 94 valence electrons. The van der Waals surface area contributed by atoms with E-state index in [4.69, 9.17) is 0 Å². The van der Waals surface area contributed by atoms with Crippen molar-refractivity contribution in [2.24, 2.45) is 13.0 Å². The third-order valence-electron chi connectivity index (χ3n) is 3.44. The van der Waals surface area contributed by atoms with Gasteiger partial charge in [0.1, 0.15) is 18.2 Å². The van der Waals surface area contributed by atoms with Crippen molar-refractivity contribution in [2.45, 2.75) is 32.4 Å². The maximum Gasteiger partial charge on any atom is 0.321 e. The summed E-state index contributed by atoms with van der Waals surface area (Å²) in [5.74, 6) is 0.263. The van der Waals surface area contributed by atoms with E-state index in [1.165, 1.54) is 0 Å². The molecule has 0 aliphatic carbocycles. The van der Waals surface area contributed by atoms with Crippen LogP contribution in [0.2, 0.25) is 0 Å². The first-order valence-electron chi connectivity index (χ1n) is 5.89. The highest BCUT2D eigenvalue weighted by Crippen LogP contribution is 2.24. The summed E-state index contributed by atoms with van der Waals surface area (Å²) in [5.41, 5.74) is 0. The quantitative estimate of drug-likeness (QED) is 0.830. The highest BCUT2D eigenvalue weighted by atomic mass is 16.4. The molecule has 0 saturated carbocycles. The minimum Gasteiger partial charge on any atom is -0.480 e. The van der Waals surface area contributed by atoms with Crippen LogP contribution >= 0.6 is 0 Å². The van der Waals surface area contributed by atoms with Gasteiger partial charge in [-0.3, -0.25) is 9.69 Å². The molecule has 1 aliphatic heterocycles. The fraction of sp³-hybridized carbons (Fsp3) is 0.727. The maximum absolute atomic E-state index is 11.3. The normalized spacial score (nSPS) is 26.0. The van der Waals surface area contributed by atoms with Crippen LogP contribution < -0.4 is 0 Å². The molecule has 0 radical (unpaired) electrons. The van der Waals surface area contributed by atoms with Crippen LogP contribution in [0, 0.1) is 5.92 Å². The Bertz CT molecular complexity index is 404. The number of aryl methyl sites for hydroxylation is 1. The van der Waals surface area contributed by atoms with E-state index in [1.807, 2.05) is 23.4 Å². The number of likely N-dealkylation sites (tertiary alicyclic amines) is 1. The molecule has 0 spiro atoms. The maximum atomic E-state index is 11.3. The average Bonchev–Trinajstić information content (AvgIpc) is 2.64. The van der Waals surface area contributed by atoms with Gasteiger partial charge < -0.3 is 9.67 Å². The predicted octanol–water partition coefficient (Wildman–Crippen LogP) is 0.500. The lowest BCUT2D eigenvalue weighted by molar-refractivity contribution is -0.147. The topological polar surface area (TPSA) is 71.2 Å². The van der Waals surface area contributed by atoms with Gasteiger partial charge in [-0.25, -0.2) is 0 Å². The molecule has 1 aromatic rings. The number of nitrogens with zero attached hydrogens (tertiary/aromatic N) is 4. The van der Waals surface area contributed by atoms with Crippen molar-refractivity contribution < 1.29 is 9.90 Å². The summed E-state index contributed by atoms with van der Waals surface area (Å²) in [4.78, 5) is 13.3. The van der Waals surface area contributed by atoms with Crippen LogP contribution in [0.5, 0.6) is 0 Å². The molecule has 1 saturated heterocycles. The second-order valence-corrected chi connectivity index (χ2v) is 4.73. The van der Waals surface area contributed by atoms with Gasteiger partial charge in [0.25, 0.3) is 0 Å². The van der Waals surface area contributed by atoms with Crippen molar-refractivity contribution in [3.05, 3.63) is 12.2 Å². The Morgan fingerprint density at radius 1 is 1.65 bits per heavy atom. The summed E-state index contributed by atoms with van der Waals surface area (Å²) >= 11 is 0. The molecule has 6 nitrogen and oxygen atoms in total. The van der Waals surface area contributed by atoms with E-state index < -0.39 is 12.0 Å². The van der Waals surface area contributed by atoms with Crippen molar-refractivity contribution in [2.75, 3.05) is 6.54 Å². The Balaban J connectivity index is 2.12. The number of hydrogen-bond acceptors (Lipinski definition) is 4. The summed E-state index contributed by atoms with van der Waals surface area (Å²) in [6.45, 7) is 3.37. The minimum absolute atomic E-state index is 0.189. The molecule has 2 unspecified atom stereocenters. The summed E-state index contributed by atoms with van der Waals surface area (Å²) in [7, 11) is 1.87. The standard InChI is InChI=1S/C11H18N4O2/c1-8-4-3-5-15(10(8)11(16)17)6-9-13-12-7-14(9)2/h7-8,10H,3-6H2,1-2H3,(H,16,17). The van der Waals surface area contributed by atoms with Gasteiger partial charge >= 0.3 is 5.97 Å². The molecular formula is C11H18N4O2. The molecule has 0 bridgehead atoms. The summed E-state index contributed by atoms with van der Waals surface area (Å²) < 4.78 is 1.83. The Morgan fingerprint density at radius 3 is 3.00 bits per heavy atom. The number of carbonyl (C=O) groups is 1. The lowest BCUT2D eigenvalue weighted by Crippen LogP contribution is -2.48. The second kappa shape index (κ2) is 4.83. The van der Waals surface area contributed by atoms with Gasteiger partial charge in [0.05, 0.1) is 6.54 Å². The number of hydrogen-bond donors (Lipinski definition) is 1. The minimum atomic E-state index is -0.737. The van der Waals surface area contributed by atoms with Gasteiger partial charge in [0.15, 0.2) is 0 Å². The van der Waals surface area contributed by atoms with Gasteiger partial charge in [0, 0.05) is 7.05 Å². The number of carboxylic acid groups (broad SMARTS) is 1. The van der Waals surface area contributed by atoms with E-state index in [1.54, 1.807) is 6.33 Å². The molecule has 2 heterocycles. The number of carboxylic acids is 1. The molecule has 2 atom stereocenters. The summed E-state index contributed by atoms with van der Waals surface area (Å²) in [6.07, 6.45) is 3.66. The lowest BCUT2D eigenvalue weighted by atomic mass is 9.91. The number of aromatic nitrogens is 3. The lowest BCUT2D eigenvalue weighted by Gasteiger charge is -2.36. The van der Waals surface area contributed by atoms with Gasteiger partial charge in [-0.05, 0) is 25.3 Å². The zero-order chi connectivity index (χ0) is 12.4. The smallest absolute Gasteiger partial charge is 0.321 e. The van der Waals surface area contributed by atoms with Crippen LogP contribution in [-0.4, -0.2) is 43.3 Å². The van der Waals surface area contributed by atoms with Crippen molar-refractivity contribution in [3.8, 4) is 0 Å². The monoisotopic (exact) mass is 238 g/mol. The first-order chi connectivity index (χ1) is 8.09. The Hall–Kier alpha value is -1.43. The predicted molar refractivity (Wildman–Crippen MR) is 61.2 cm³/mol. The fourth-order valence-electron chi connectivity index (χ4n) is 2.48. The van der Waals surface area contributed by atoms with E-state index in [-0.39, 0.29) is 5.92 Å². The molecule has 17 heavy (non-hydrogen) atoms. The van der Waals surface area contributed by atoms with E-state index in [0.717, 1.165) is 25.2 Å². The number of aliphatic carboxylic acids is 1. The van der Waals surface area contributed by atoms with Crippen LogP contribution in [0.3, 0.4) is 0 Å². The van der Waals surface area contributed by atoms with Crippen LogP contribution in [-0.2, 0) is 18.4 Å². The van der Waals surface area contributed by atoms with Gasteiger partial charge in [-0.15, -0.1) is 10.2 Å². The fourth-order valence-corrected chi connectivity index (χ4v) is 2.48. The van der Waals surface area contributed by atoms with Crippen molar-refractivity contribution in [1.82, 2.24) is 19.7 Å². The third-order valence-corrected chi connectivity index (χ3v) is 3.44. The zero-order valence-electron chi connectivity index (χ0n) is 10.2. The molecule has 1 fully saturated rings. The molecule has 6 heteroatoms. The first-order valence-corrected chi connectivity index (χ1v) is 5.89. The van der Waals surface area contributed by atoms with Crippen LogP contribution in [0.25, 0.3) is 0 Å². The molecule has 0 amide bonds. The van der Waals surface area contributed by atoms with E-state index in [2.05, 4.69) is 10.2 Å². The van der Waals surface area contributed by atoms with E-state index >= 15 is 0 Å². The van der Waals surface area contributed by atoms with Gasteiger partial charge in [-0.1, -0.05) is 6.92 Å². The second-order valence-electron chi connectivity index (χ2n) is 4.73. The van der Waals surface area contributed by atoms with Crippen LogP contribution in [0.4, 0.5) is 0 Å². The number of rotatable bonds is 3. The molecule has 1 aliphatic rings. The van der Waals surface area contributed by atoms with Crippen LogP contribution in [0.1, 0.15) is 25.6 Å². The first kappa shape index (κ1) is 12.0. The highest BCUT2D eigenvalue weighted by Gasteiger charge is 2.34. The Kier molecular flexibility index (Phi) is 3.42. The molecule has 0 aromatic carbocycles. The Labute approximate surface area is 100 Å². The highest BCUT2D eigenvalue weighted by molar-refractivity contribution is 5.74. The van der Waals surface area contributed by atoms with Gasteiger partial charge in [-0.2, -0.15) is 0 Å². The third kappa shape index (κ3) is 2.46. The summed E-state index contributed by atoms with van der Waals surface area (Å²) in [5, 5.41) is 17.1. The SMILES string of the molecule is CC1CCCN(Cc2nncn2C)C1C(=O)O. The molecule has 1 aromatic heterocycles. The average molecular weight is 238 g/mol. The van der Waals surface area contributed by atoms with E-state index in [9.17, 15) is 9.90 Å². The van der Waals surface area contributed by atoms with Crippen molar-refractivity contribution >= 4 is 5.97 Å². The molecular weight excluding hydrogens is 220 g/mol. The summed E-state index contributed by atoms with van der Waals surface area (Å²) in [6, 6.07) is -0.402. The van der Waals surface area contributed by atoms with E-state index in [0.29, 0.717) is 6.54 Å². The van der Waals surface area contributed by atoms with Crippen molar-refractivity contribution in [3.63, 3.8) is 0 Å². The Morgan fingerprint density at radius 2 is 2.41 bits per heavy atom. The zero-order valence-corrected chi connectivity index (χ0v) is 10.2. The molecule has 1 N–H and O–H groups in total. The van der Waals surface area contributed by atoms with Crippen molar-refractivity contribution in [1.29, 1.82) is 0 Å².